The van der Waals surface area contributed by atoms with Crippen LogP contribution in [0, 0.1) is 17.8 Å². The number of nitrogens with zero attached hydrogens (tertiary/aromatic N) is 3. The van der Waals surface area contributed by atoms with E-state index < -0.39 is 11.7 Å². The molecule has 1 unspecified atom stereocenters. The molecule has 5 heteroatoms. The van der Waals surface area contributed by atoms with Crippen LogP contribution in [0.1, 0.15) is 69.9 Å². The van der Waals surface area contributed by atoms with E-state index in [1.807, 2.05) is 0 Å². The third kappa shape index (κ3) is 2.51. The topological polar surface area (TPSA) is 71.2 Å². The molecule has 24 heavy (non-hydrogen) atoms. The summed E-state index contributed by atoms with van der Waals surface area (Å²) < 4.78 is 1.81. The molecule has 1 aromatic heterocycles. The summed E-state index contributed by atoms with van der Waals surface area (Å²) in [5, 5.41) is 29.4. The van der Waals surface area contributed by atoms with Crippen molar-refractivity contribution in [3.8, 4) is 0 Å². The Morgan fingerprint density at radius 3 is 2.29 bits per heavy atom. The molecule has 5 saturated carbocycles. The third-order valence-corrected chi connectivity index (χ3v) is 7.42. The van der Waals surface area contributed by atoms with E-state index >= 15 is 0 Å². The number of hydrogen-bond acceptors (Lipinski definition) is 4. The van der Waals surface area contributed by atoms with Crippen molar-refractivity contribution in [1.82, 2.24) is 15.0 Å². The summed E-state index contributed by atoms with van der Waals surface area (Å²) in [7, 11) is 0. The Morgan fingerprint density at radius 1 is 1.12 bits per heavy atom. The smallest absolute Gasteiger partial charge is 0.0889 e. The first-order valence-electron chi connectivity index (χ1n) is 9.83. The van der Waals surface area contributed by atoms with E-state index in [2.05, 4.69) is 16.5 Å². The molecule has 0 amide bonds. The first-order chi connectivity index (χ1) is 11.5. The first kappa shape index (κ1) is 15.3. The van der Waals surface area contributed by atoms with Crippen LogP contribution in [0.2, 0.25) is 0 Å². The molecule has 0 radical (unpaired) electrons. The molecule has 6 rings (SSSR count). The molecule has 1 heterocycles. The minimum absolute atomic E-state index is 0.268. The maximum absolute atomic E-state index is 10.3. The monoisotopic (exact) mass is 331 g/mol. The van der Waals surface area contributed by atoms with E-state index in [1.54, 1.807) is 4.68 Å². The summed E-state index contributed by atoms with van der Waals surface area (Å²) in [6.45, 7) is 0.446. The second-order valence-corrected chi connectivity index (χ2v) is 9.46. The number of aliphatic hydroxyl groups excluding tert-OH is 1. The van der Waals surface area contributed by atoms with E-state index in [4.69, 9.17) is 0 Å². The van der Waals surface area contributed by atoms with Gasteiger partial charge in [0.05, 0.1) is 23.9 Å². The molecule has 5 fully saturated rings. The van der Waals surface area contributed by atoms with Crippen molar-refractivity contribution in [2.75, 3.05) is 0 Å². The quantitative estimate of drug-likeness (QED) is 0.869. The molecule has 2 N–H and O–H groups in total. The van der Waals surface area contributed by atoms with E-state index in [0.29, 0.717) is 13.0 Å². The lowest BCUT2D eigenvalue weighted by Gasteiger charge is -2.56. The molecule has 0 aliphatic heterocycles. The van der Waals surface area contributed by atoms with E-state index in [-0.39, 0.29) is 5.41 Å². The standard InChI is InChI=1S/C19H29N3O2/c23-16(10-19(24)2-1-3-19)11-22-12-17(20-21-22)18-7-13-4-14(8-18)6-15(5-13)9-18/h12-16,23-24H,1-11H2. The molecular weight excluding hydrogens is 302 g/mol. The highest BCUT2D eigenvalue weighted by Gasteiger charge is 2.52. The fourth-order valence-corrected chi connectivity index (χ4v) is 6.56. The molecule has 0 spiro atoms. The molecule has 5 nitrogen and oxygen atoms in total. The molecule has 0 saturated heterocycles. The molecule has 132 valence electrons. The van der Waals surface area contributed by atoms with Crippen LogP contribution in [0.5, 0.6) is 0 Å². The fraction of sp³-hybridized carbons (Fsp3) is 0.895. The second-order valence-electron chi connectivity index (χ2n) is 9.46. The van der Waals surface area contributed by atoms with Crippen molar-refractivity contribution in [3.05, 3.63) is 11.9 Å². The Bertz CT molecular complexity index is 587. The van der Waals surface area contributed by atoms with E-state index in [9.17, 15) is 10.2 Å². The summed E-state index contributed by atoms with van der Waals surface area (Å²) in [6.07, 6.45) is 12.9. The zero-order chi connectivity index (χ0) is 16.4. The Labute approximate surface area is 143 Å². The highest BCUT2D eigenvalue weighted by atomic mass is 16.3. The van der Waals surface area contributed by atoms with Crippen molar-refractivity contribution in [2.24, 2.45) is 17.8 Å². The van der Waals surface area contributed by atoms with Crippen molar-refractivity contribution < 1.29 is 10.2 Å². The molecule has 5 aliphatic carbocycles. The molecule has 0 aromatic carbocycles. The van der Waals surface area contributed by atoms with Crippen molar-refractivity contribution >= 4 is 0 Å². The van der Waals surface area contributed by atoms with Gasteiger partial charge < -0.3 is 10.2 Å². The van der Waals surface area contributed by atoms with Crippen LogP contribution in [0.3, 0.4) is 0 Å². The highest BCUT2D eigenvalue weighted by Crippen LogP contribution is 2.60. The van der Waals surface area contributed by atoms with E-state index in [0.717, 1.165) is 42.7 Å². The fourth-order valence-electron chi connectivity index (χ4n) is 6.56. The van der Waals surface area contributed by atoms with Gasteiger partial charge in [-0.1, -0.05) is 5.21 Å². The average Bonchev–Trinajstić information content (AvgIpc) is 2.93. The first-order valence-corrected chi connectivity index (χ1v) is 9.83. The minimum atomic E-state index is -0.636. The van der Waals surface area contributed by atoms with Gasteiger partial charge in [-0.2, -0.15) is 0 Å². The van der Waals surface area contributed by atoms with Gasteiger partial charge in [0, 0.05) is 18.0 Å². The summed E-state index contributed by atoms with van der Waals surface area (Å²) in [5.74, 6) is 2.71. The predicted octanol–water partition coefficient (Wildman–Crippen LogP) is 2.41. The van der Waals surface area contributed by atoms with Gasteiger partial charge in [-0.05, 0) is 75.5 Å². The van der Waals surface area contributed by atoms with Gasteiger partial charge in [-0.15, -0.1) is 5.10 Å². The minimum Gasteiger partial charge on any atom is -0.391 e. The third-order valence-electron chi connectivity index (χ3n) is 7.42. The Balaban J connectivity index is 1.29. The lowest BCUT2D eigenvalue weighted by molar-refractivity contribution is -0.0713. The van der Waals surface area contributed by atoms with Gasteiger partial charge in [0.1, 0.15) is 0 Å². The molecule has 4 bridgehead atoms. The molecule has 5 aliphatic rings. The maximum atomic E-state index is 10.3. The van der Waals surface area contributed by atoms with Gasteiger partial charge in [-0.3, -0.25) is 0 Å². The lowest BCUT2D eigenvalue weighted by atomic mass is 9.49. The van der Waals surface area contributed by atoms with Crippen LogP contribution in [-0.2, 0) is 12.0 Å². The molecular formula is C19H29N3O2. The number of aliphatic hydroxyl groups is 2. The summed E-state index contributed by atoms with van der Waals surface area (Å²) >= 11 is 0. The normalized spacial score (nSPS) is 40.5. The van der Waals surface area contributed by atoms with E-state index in [1.165, 1.54) is 38.5 Å². The zero-order valence-corrected chi connectivity index (χ0v) is 14.4. The summed E-state index contributed by atoms with van der Waals surface area (Å²) in [4.78, 5) is 0. The van der Waals surface area contributed by atoms with Gasteiger partial charge >= 0.3 is 0 Å². The summed E-state index contributed by atoms with van der Waals surface area (Å²) in [6, 6.07) is 0. The Kier molecular flexibility index (Phi) is 3.37. The van der Waals surface area contributed by atoms with Gasteiger partial charge in [0.25, 0.3) is 0 Å². The van der Waals surface area contributed by atoms with Crippen LogP contribution in [0.4, 0.5) is 0 Å². The largest absolute Gasteiger partial charge is 0.391 e. The number of hydrogen-bond donors (Lipinski definition) is 2. The van der Waals surface area contributed by atoms with Crippen molar-refractivity contribution in [2.45, 2.75) is 87.9 Å². The van der Waals surface area contributed by atoms with Crippen LogP contribution >= 0.6 is 0 Å². The second kappa shape index (κ2) is 5.28. The van der Waals surface area contributed by atoms with Crippen LogP contribution in [0.15, 0.2) is 6.20 Å². The Hall–Kier alpha value is -0.940. The van der Waals surface area contributed by atoms with Gasteiger partial charge in [-0.25, -0.2) is 4.68 Å². The molecule has 1 aromatic rings. The highest BCUT2D eigenvalue weighted by molar-refractivity contribution is 5.20. The number of rotatable bonds is 5. The lowest BCUT2D eigenvalue weighted by Crippen LogP contribution is -2.48. The van der Waals surface area contributed by atoms with Crippen molar-refractivity contribution in [3.63, 3.8) is 0 Å². The summed E-state index contributed by atoms with van der Waals surface area (Å²) in [5.41, 5.74) is 0.795. The zero-order valence-electron chi connectivity index (χ0n) is 14.4. The van der Waals surface area contributed by atoms with Gasteiger partial charge in [0.15, 0.2) is 0 Å². The SMILES string of the molecule is OC(Cn1cc(C23CC4CC(CC(C4)C2)C3)nn1)CC1(O)CCC1. The van der Waals surface area contributed by atoms with Crippen LogP contribution in [-0.4, -0.2) is 36.9 Å². The predicted molar refractivity (Wildman–Crippen MR) is 89.3 cm³/mol. The maximum Gasteiger partial charge on any atom is 0.0889 e. The van der Waals surface area contributed by atoms with Gasteiger partial charge in [0.2, 0.25) is 0 Å². The van der Waals surface area contributed by atoms with Crippen LogP contribution < -0.4 is 0 Å². The average molecular weight is 331 g/mol. The Morgan fingerprint density at radius 2 is 1.75 bits per heavy atom. The van der Waals surface area contributed by atoms with Crippen LogP contribution in [0.25, 0.3) is 0 Å². The molecule has 1 atom stereocenters. The number of aromatic nitrogens is 3. The van der Waals surface area contributed by atoms with Crippen molar-refractivity contribution in [1.29, 1.82) is 0 Å².